The lowest BCUT2D eigenvalue weighted by molar-refractivity contribution is -0.138. The summed E-state index contributed by atoms with van der Waals surface area (Å²) in [6, 6.07) is 18.1. The van der Waals surface area contributed by atoms with Gasteiger partial charge in [-0.25, -0.2) is 9.88 Å². The normalized spacial score (nSPS) is 28.9. The van der Waals surface area contributed by atoms with Crippen LogP contribution < -0.4 is 9.64 Å². The summed E-state index contributed by atoms with van der Waals surface area (Å²) in [6.07, 6.45) is 2.41. The number of amides is 2. The van der Waals surface area contributed by atoms with Gasteiger partial charge in [-0.3, -0.25) is 9.59 Å². The summed E-state index contributed by atoms with van der Waals surface area (Å²) in [4.78, 5) is 33.8. The lowest BCUT2D eigenvalue weighted by Crippen LogP contribution is -2.51. The van der Waals surface area contributed by atoms with Crippen LogP contribution in [-0.4, -0.2) is 47.8 Å². The molecule has 3 aliphatic heterocycles. The van der Waals surface area contributed by atoms with E-state index >= 15 is 0 Å². The van der Waals surface area contributed by atoms with E-state index in [1.165, 1.54) is 11.1 Å². The maximum Gasteiger partial charge on any atom is 0.240 e. The molecule has 1 aromatic heterocycles. The zero-order chi connectivity index (χ0) is 27.4. The van der Waals surface area contributed by atoms with Crippen LogP contribution in [0.4, 0.5) is 5.69 Å². The van der Waals surface area contributed by atoms with Crippen LogP contribution >= 0.6 is 0 Å². The highest BCUT2D eigenvalue weighted by Crippen LogP contribution is 2.64. The van der Waals surface area contributed by atoms with Crippen LogP contribution in [0.3, 0.4) is 0 Å². The zero-order valence-electron chi connectivity index (χ0n) is 21.6. The van der Waals surface area contributed by atoms with Gasteiger partial charge in [0.2, 0.25) is 17.7 Å². The van der Waals surface area contributed by atoms with Crippen LogP contribution in [0.15, 0.2) is 54.7 Å². The fourth-order valence-electron chi connectivity index (χ4n) is 6.90. The predicted octanol–water partition coefficient (Wildman–Crippen LogP) is 3.89. The second-order valence-corrected chi connectivity index (χ2v) is 10.3. The van der Waals surface area contributed by atoms with Crippen LogP contribution in [0, 0.1) is 34.5 Å². The molecule has 3 aliphatic rings. The Labute approximate surface area is 225 Å². The molecule has 0 unspecified atom stereocenters. The Morgan fingerprint density at radius 3 is 2.49 bits per heavy atom. The quantitative estimate of drug-likeness (QED) is 0.428. The highest BCUT2D eigenvalue weighted by Gasteiger charge is 2.78. The van der Waals surface area contributed by atoms with Crippen molar-refractivity contribution < 1.29 is 23.8 Å². The third-order valence-electron chi connectivity index (χ3n) is 8.61. The minimum Gasteiger partial charge on any atom is -0.478 e. The molecule has 0 spiro atoms. The lowest BCUT2D eigenvalue weighted by Gasteiger charge is -2.36. The molecule has 0 aliphatic carbocycles. The molecule has 0 radical (unpaired) electrons. The number of hydrogen-bond acceptors (Lipinski definition) is 8. The number of ether oxygens (including phenoxy) is 3. The second-order valence-electron chi connectivity index (χ2n) is 10.3. The number of pyridine rings is 1. The molecule has 2 amide bonds. The van der Waals surface area contributed by atoms with E-state index in [1.807, 2.05) is 37.3 Å². The molecule has 9 heteroatoms. The van der Waals surface area contributed by atoms with Gasteiger partial charge < -0.3 is 14.2 Å². The largest absolute Gasteiger partial charge is 0.478 e. The number of fused-ring (bicyclic) bond motifs is 6. The Balaban J connectivity index is 1.37. The molecule has 9 nitrogen and oxygen atoms in total. The molecule has 3 fully saturated rings. The number of anilines is 1. The number of aromatic nitrogens is 1. The summed E-state index contributed by atoms with van der Waals surface area (Å²) in [5, 5.41) is 20.0. The number of methoxy groups -OCH3 is 1. The molecule has 6 rings (SSSR count). The van der Waals surface area contributed by atoms with Crippen LogP contribution in [0.1, 0.15) is 37.3 Å². The van der Waals surface area contributed by atoms with Gasteiger partial charge in [-0.05, 0) is 24.6 Å². The monoisotopic (exact) mass is 522 g/mol. The molecule has 0 saturated carbocycles. The van der Waals surface area contributed by atoms with E-state index in [0.29, 0.717) is 52.7 Å². The van der Waals surface area contributed by atoms with Crippen LogP contribution in [0.5, 0.6) is 5.88 Å². The first kappa shape index (κ1) is 25.0. The predicted molar refractivity (Wildman–Crippen MR) is 139 cm³/mol. The van der Waals surface area contributed by atoms with Crippen LogP contribution in [0.25, 0.3) is 10.8 Å². The average Bonchev–Trinajstić information content (AvgIpc) is 3.56. The first-order valence-electron chi connectivity index (χ1n) is 12.9. The first-order valence-corrected chi connectivity index (χ1v) is 12.9. The molecule has 4 heterocycles. The van der Waals surface area contributed by atoms with E-state index in [0.717, 1.165) is 0 Å². The average molecular weight is 523 g/mol. The number of imide groups is 1. The van der Waals surface area contributed by atoms with Gasteiger partial charge in [-0.15, -0.1) is 0 Å². The molecular formula is C30H26N4O5. The van der Waals surface area contributed by atoms with Crippen molar-refractivity contribution in [2.45, 2.75) is 43.5 Å². The number of rotatable bonds is 7. The fourth-order valence-corrected chi connectivity index (χ4v) is 6.90. The number of nitrogens with zero attached hydrogens (tertiary/aromatic N) is 4. The van der Waals surface area contributed by atoms with Gasteiger partial charge in [0.15, 0.2) is 0 Å². The number of carbonyl (C=O) groups is 2. The molecule has 3 saturated heterocycles. The molecule has 5 atom stereocenters. The highest BCUT2D eigenvalue weighted by molar-refractivity contribution is 6.26. The smallest absolute Gasteiger partial charge is 0.240 e. The topological polar surface area (TPSA) is 126 Å². The first-order chi connectivity index (χ1) is 18.9. The number of carbonyl (C=O) groups excluding carboxylic acids is 2. The van der Waals surface area contributed by atoms with Crippen molar-refractivity contribution in [1.82, 2.24) is 4.98 Å². The number of benzene rings is 2. The van der Waals surface area contributed by atoms with E-state index in [4.69, 9.17) is 19.5 Å². The molecule has 39 heavy (non-hydrogen) atoms. The standard InChI is InChI=1S/C30H26N4O5/c1-3-30-23(37-2)14-29(39-30,12-13-38-24-11-8-18(15-31)17-33-24)25-26(30)28(36)34(27(25)35)22-10-9-19(16-32)20-6-4-5-7-21(20)22/h4-11,17,23,25-26H,3,12-14H2,1-2H3/t23-,25+,26-,29+,30-/m0/s1. The van der Waals surface area contributed by atoms with Crippen molar-refractivity contribution in [3.8, 4) is 18.0 Å². The highest BCUT2D eigenvalue weighted by atomic mass is 16.6. The maximum absolute atomic E-state index is 14.2. The summed E-state index contributed by atoms with van der Waals surface area (Å²) < 4.78 is 18.4. The summed E-state index contributed by atoms with van der Waals surface area (Å²) in [5.41, 5.74) is -0.499. The molecule has 2 aromatic carbocycles. The Hall–Kier alpha value is -4.31. The Kier molecular flexibility index (Phi) is 5.87. The second kappa shape index (κ2) is 9.16. The Bertz CT molecular complexity index is 1570. The van der Waals surface area contributed by atoms with Gasteiger partial charge in [0.05, 0.1) is 53.0 Å². The third-order valence-corrected chi connectivity index (χ3v) is 8.61. The van der Waals surface area contributed by atoms with Gasteiger partial charge in [-0.2, -0.15) is 10.5 Å². The Morgan fingerprint density at radius 2 is 1.82 bits per heavy atom. The van der Waals surface area contributed by atoms with E-state index in [9.17, 15) is 14.9 Å². The third kappa shape index (κ3) is 3.47. The van der Waals surface area contributed by atoms with Crippen molar-refractivity contribution in [3.05, 3.63) is 65.9 Å². The van der Waals surface area contributed by atoms with E-state index in [-0.39, 0.29) is 24.5 Å². The van der Waals surface area contributed by atoms with Crippen molar-refractivity contribution in [2.75, 3.05) is 18.6 Å². The van der Waals surface area contributed by atoms with Gasteiger partial charge in [0, 0.05) is 43.0 Å². The van der Waals surface area contributed by atoms with Crippen molar-refractivity contribution in [3.63, 3.8) is 0 Å². The maximum atomic E-state index is 14.2. The van der Waals surface area contributed by atoms with Crippen molar-refractivity contribution >= 4 is 28.3 Å². The van der Waals surface area contributed by atoms with Gasteiger partial charge >= 0.3 is 0 Å². The molecular weight excluding hydrogens is 496 g/mol. The van der Waals surface area contributed by atoms with Gasteiger partial charge in [-0.1, -0.05) is 31.2 Å². The molecule has 3 aromatic rings. The van der Waals surface area contributed by atoms with Crippen molar-refractivity contribution in [2.24, 2.45) is 11.8 Å². The van der Waals surface area contributed by atoms with Gasteiger partial charge in [0.1, 0.15) is 11.7 Å². The van der Waals surface area contributed by atoms with Crippen molar-refractivity contribution in [1.29, 1.82) is 10.5 Å². The fraction of sp³-hybridized carbons (Fsp3) is 0.367. The Morgan fingerprint density at radius 1 is 1.05 bits per heavy atom. The van der Waals surface area contributed by atoms with Crippen LogP contribution in [0.2, 0.25) is 0 Å². The summed E-state index contributed by atoms with van der Waals surface area (Å²) >= 11 is 0. The van der Waals surface area contributed by atoms with E-state index in [2.05, 4.69) is 11.1 Å². The molecule has 2 bridgehead atoms. The summed E-state index contributed by atoms with van der Waals surface area (Å²) in [7, 11) is 1.61. The minimum absolute atomic E-state index is 0.208. The number of hydrogen-bond donors (Lipinski definition) is 0. The lowest BCUT2D eigenvalue weighted by atomic mass is 9.64. The minimum atomic E-state index is -0.947. The SMILES string of the molecule is CC[C@]12O[C@](CCOc3ccc(C#N)cn3)(C[C@@H]1OC)[C@H]1C(=O)N(c3ccc(C#N)c4ccccc34)C(=O)[C@H]12. The summed E-state index contributed by atoms with van der Waals surface area (Å²) in [5.74, 6) is -1.64. The number of nitriles is 2. The molecule has 196 valence electrons. The van der Waals surface area contributed by atoms with Crippen LogP contribution in [-0.2, 0) is 19.1 Å². The van der Waals surface area contributed by atoms with E-state index < -0.39 is 23.0 Å². The zero-order valence-corrected chi connectivity index (χ0v) is 21.6. The van der Waals surface area contributed by atoms with Gasteiger partial charge in [0.25, 0.3) is 0 Å². The molecule has 0 N–H and O–H groups in total. The van der Waals surface area contributed by atoms with E-state index in [1.54, 1.807) is 31.4 Å². The summed E-state index contributed by atoms with van der Waals surface area (Å²) in [6.45, 7) is 2.17.